The molecule has 1 aromatic carbocycles. The number of hydrogen-bond donors (Lipinski definition) is 1. The molecule has 0 saturated carbocycles. The standard InChI is InChI=1S/C9H6INO5S/c12-10(13)7-5-6-3-1-2-4-8(6)11-9(7)17(14,15)16/h1-5H,(H,14,15,16). The van der Waals surface area contributed by atoms with Gasteiger partial charge in [0.25, 0.3) is 0 Å². The van der Waals surface area contributed by atoms with Crippen molar-refractivity contribution in [3.05, 3.63) is 33.9 Å². The number of pyridine rings is 1. The zero-order chi connectivity index (χ0) is 12.6. The minimum Gasteiger partial charge on any atom is -0.281 e. The van der Waals surface area contributed by atoms with Crippen molar-refractivity contribution in [2.24, 2.45) is 0 Å². The Labute approximate surface area is 104 Å². The predicted octanol–water partition coefficient (Wildman–Crippen LogP) is 1.85. The average molecular weight is 367 g/mol. The van der Waals surface area contributed by atoms with Gasteiger partial charge in [-0.25, -0.2) is 11.1 Å². The van der Waals surface area contributed by atoms with Crippen molar-refractivity contribution in [3.63, 3.8) is 0 Å². The average Bonchev–Trinajstić information content (AvgIpc) is 2.26. The van der Waals surface area contributed by atoms with Crippen LogP contribution >= 0.6 is 19.8 Å². The third-order valence-corrected chi connectivity index (χ3v) is 4.99. The van der Waals surface area contributed by atoms with Crippen molar-refractivity contribution in [3.8, 4) is 0 Å². The molecule has 0 unspecified atom stereocenters. The van der Waals surface area contributed by atoms with Gasteiger partial charge in [-0.3, -0.25) is 4.55 Å². The van der Waals surface area contributed by atoms with Gasteiger partial charge in [-0.15, -0.1) is 0 Å². The van der Waals surface area contributed by atoms with Crippen LogP contribution in [0.4, 0.5) is 0 Å². The van der Waals surface area contributed by atoms with Crippen LogP contribution in [0.25, 0.3) is 10.9 Å². The van der Waals surface area contributed by atoms with Crippen LogP contribution in [-0.4, -0.2) is 18.0 Å². The summed E-state index contributed by atoms with van der Waals surface area (Å²) in [5, 5.41) is -0.296. The summed E-state index contributed by atoms with van der Waals surface area (Å²) in [6, 6.07) is 7.65. The maximum absolute atomic E-state index is 11.0. The molecule has 2 rings (SSSR count). The van der Waals surface area contributed by atoms with Gasteiger partial charge in [-0.05, 0) is 12.1 Å². The monoisotopic (exact) mass is 367 g/mol. The molecule has 90 valence electrons. The predicted molar refractivity (Wildman–Crippen MR) is 65.6 cm³/mol. The highest BCUT2D eigenvalue weighted by molar-refractivity contribution is 14.2. The van der Waals surface area contributed by atoms with Gasteiger partial charge in [-0.2, -0.15) is 8.42 Å². The van der Waals surface area contributed by atoms with Crippen LogP contribution in [0.3, 0.4) is 0 Å². The minimum atomic E-state index is -4.64. The lowest BCUT2D eigenvalue weighted by atomic mass is 10.2. The van der Waals surface area contributed by atoms with Gasteiger partial charge in [0.15, 0.2) is 0 Å². The van der Waals surface area contributed by atoms with Crippen LogP contribution < -0.4 is 0 Å². The van der Waals surface area contributed by atoms with Crippen molar-refractivity contribution < 1.29 is 19.1 Å². The van der Waals surface area contributed by atoms with E-state index in [4.69, 9.17) is 4.55 Å². The summed E-state index contributed by atoms with van der Waals surface area (Å²) in [7, 11) is -4.64. The van der Waals surface area contributed by atoms with Crippen LogP contribution in [0.15, 0.2) is 35.4 Å². The van der Waals surface area contributed by atoms with Crippen LogP contribution in [0.2, 0.25) is 0 Å². The first-order valence-corrected chi connectivity index (χ1v) is 8.60. The van der Waals surface area contributed by atoms with E-state index in [-0.39, 0.29) is 0 Å². The molecular weight excluding hydrogens is 361 g/mol. The molecule has 8 heteroatoms. The molecule has 0 saturated heterocycles. The molecule has 17 heavy (non-hydrogen) atoms. The third-order valence-electron chi connectivity index (χ3n) is 2.06. The summed E-state index contributed by atoms with van der Waals surface area (Å²) in [6.07, 6.45) is 0. The molecule has 0 fully saturated rings. The van der Waals surface area contributed by atoms with Gasteiger partial charge in [0.05, 0.1) is 5.52 Å². The van der Waals surface area contributed by atoms with E-state index in [1.54, 1.807) is 18.2 Å². The number of rotatable bonds is 2. The molecule has 0 atom stereocenters. The van der Waals surface area contributed by atoms with E-state index in [9.17, 15) is 14.6 Å². The first-order valence-electron chi connectivity index (χ1n) is 4.32. The van der Waals surface area contributed by atoms with Crippen LogP contribution in [0.1, 0.15) is 0 Å². The fourth-order valence-electron chi connectivity index (χ4n) is 1.36. The lowest BCUT2D eigenvalue weighted by molar-refractivity contribution is 0.478. The molecule has 0 aliphatic rings. The lowest BCUT2D eigenvalue weighted by Gasteiger charge is -2.02. The molecule has 0 aliphatic carbocycles. The van der Waals surface area contributed by atoms with Crippen molar-refractivity contribution >= 4 is 40.8 Å². The van der Waals surface area contributed by atoms with Crippen LogP contribution in [0, 0.1) is 3.57 Å². The van der Waals surface area contributed by atoms with E-state index in [0.29, 0.717) is 10.9 Å². The fourth-order valence-corrected chi connectivity index (χ4v) is 4.23. The van der Waals surface area contributed by atoms with Gasteiger partial charge < -0.3 is 0 Å². The molecule has 1 aromatic heterocycles. The Balaban J connectivity index is 2.95. The molecule has 1 heterocycles. The Morgan fingerprint density at radius 3 is 2.41 bits per heavy atom. The topological polar surface area (TPSA) is 101 Å². The highest BCUT2D eigenvalue weighted by atomic mass is 127. The van der Waals surface area contributed by atoms with E-state index in [0.717, 1.165) is 0 Å². The number of aromatic nitrogens is 1. The Hall–Kier alpha value is -1.13. The Bertz CT molecular complexity index is 758. The fraction of sp³-hybridized carbons (Fsp3) is 0. The normalized spacial score (nSPS) is 12.1. The number of para-hydroxylation sites is 1. The quantitative estimate of drug-likeness (QED) is 0.642. The Morgan fingerprint density at radius 1 is 1.18 bits per heavy atom. The molecular formula is C9H6INO5S. The van der Waals surface area contributed by atoms with E-state index in [1.807, 2.05) is 0 Å². The van der Waals surface area contributed by atoms with Crippen molar-refractivity contribution in [2.45, 2.75) is 5.03 Å². The Kier molecular flexibility index (Phi) is 3.10. The first kappa shape index (κ1) is 12.3. The number of hydrogen-bond acceptors (Lipinski definition) is 5. The summed E-state index contributed by atoms with van der Waals surface area (Å²) in [5.41, 5.74) is 0.307. The number of benzene rings is 1. The Morgan fingerprint density at radius 2 is 1.82 bits per heavy atom. The summed E-state index contributed by atoms with van der Waals surface area (Å²) >= 11 is -4.05. The number of nitrogens with zero attached hydrogens (tertiary/aromatic N) is 1. The molecule has 0 radical (unpaired) electrons. The SMILES string of the molecule is O=I(=O)c1cc2ccccc2nc1S(=O)(=O)O. The molecule has 0 bridgehead atoms. The van der Waals surface area contributed by atoms with Gasteiger partial charge in [0.1, 0.15) is 3.57 Å². The molecule has 0 spiro atoms. The molecule has 1 N–H and O–H groups in total. The van der Waals surface area contributed by atoms with Crippen molar-refractivity contribution in [1.82, 2.24) is 4.98 Å². The van der Waals surface area contributed by atoms with E-state index >= 15 is 0 Å². The van der Waals surface area contributed by atoms with E-state index < -0.39 is 38.5 Å². The first-order chi connectivity index (χ1) is 7.89. The van der Waals surface area contributed by atoms with Crippen LogP contribution in [0.5, 0.6) is 0 Å². The maximum Gasteiger partial charge on any atom is 0.343 e. The zero-order valence-corrected chi connectivity index (χ0v) is 11.2. The van der Waals surface area contributed by atoms with Gasteiger partial charge in [0, 0.05) is 5.39 Å². The van der Waals surface area contributed by atoms with E-state index in [1.165, 1.54) is 12.1 Å². The molecule has 2 aromatic rings. The highest BCUT2D eigenvalue weighted by Crippen LogP contribution is 2.27. The summed E-state index contributed by atoms with van der Waals surface area (Å²) in [5.74, 6) is 0. The minimum absolute atomic E-state index is 0.307. The second-order valence-electron chi connectivity index (χ2n) is 3.16. The summed E-state index contributed by atoms with van der Waals surface area (Å²) in [4.78, 5) is 3.67. The second-order valence-corrected chi connectivity index (χ2v) is 6.90. The summed E-state index contributed by atoms with van der Waals surface area (Å²) < 4.78 is 52.6. The molecule has 6 nitrogen and oxygen atoms in total. The highest BCUT2D eigenvalue weighted by Gasteiger charge is 2.21. The zero-order valence-electron chi connectivity index (χ0n) is 8.20. The van der Waals surface area contributed by atoms with Crippen molar-refractivity contribution in [1.29, 1.82) is 0 Å². The van der Waals surface area contributed by atoms with E-state index in [2.05, 4.69) is 4.98 Å². The largest absolute Gasteiger partial charge is 0.343 e. The second kappa shape index (κ2) is 4.27. The third kappa shape index (κ3) is 2.42. The number of fused-ring (bicyclic) bond motifs is 1. The lowest BCUT2D eigenvalue weighted by Crippen LogP contribution is -2.04. The van der Waals surface area contributed by atoms with Crippen LogP contribution in [-0.2, 0) is 16.3 Å². The van der Waals surface area contributed by atoms with Crippen molar-refractivity contribution in [2.75, 3.05) is 0 Å². The maximum atomic E-state index is 11.0. The van der Waals surface area contributed by atoms with Gasteiger partial charge in [-0.1, -0.05) is 18.2 Å². The van der Waals surface area contributed by atoms with Gasteiger partial charge >= 0.3 is 29.9 Å². The molecule has 0 aliphatic heterocycles. The summed E-state index contributed by atoms with van der Waals surface area (Å²) in [6.45, 7) is 0. The smallest absolute Gasteiger partial charge is 0.281 e. The molecule has 0 amide bonds. The number of halogens is 1. The van der Waals surface area contributed by atoms with Gasteiger partial charge in [0.2, 0.25) is 5.03 Å².